The Hall–Kier alpha value is -2.01. The third-order valence-electron chi connectivity index (χ3n) is 3.13. The number of aromatic nitrogens is 3. The van der Waals surface area contributed by atoms with Crippen LogP contribution in [0.15, 0.2) is 29.2 Å². The lowest BCUT2D eigenvalue weighted by Gasteiger charge is -2.00. The molecule has 0 amide bonds. The van der Waals surface area contributed by atoms with Gasteiger partial charge in [0.05, 0.1) is 5.39 Å². The third kappa shape index (κ3) is 1.96. The molecular weight excluding hydrogens is 258 g/mol. The number of fused-ring (bicyclic) bond motifs is 1. The largest absolute Gasteiger partial charge is 0.329 e. The Morgan fingerprint density at radius 1 is 1.37 bits per heavy atom. The molecule has 3 rings (SSSR count). The molecule has 0 aliphatic rings. The molecule has 0 saturated carbocycles. The van der Waals surface area contributed by atoms with Crippen molar-refractivity contribution in [3.8, 4) is 11.5 Å². The van der Waals surface area contributed by atoms with Crippen molar-refractivity contribution >= 4 is 21.6 Å². The van der Waals surface area contributed by atoms with Gasteiger partial charge in [-0.15, -0.1) is 11.3 Å². The van der Waals surface area contributed by atoms with Crippen LogP contribution in [-0.4, -0.2) is 15.0 Å². The molecule has 0 aliphatic heterocycles. The molecule has 0 saturated heterocycles. The highest BCUT2D eigenvalue weighted by molar-refractivity contribution is 7.18. The zero-order chi connectivity index (χ0) is 13.4. The molecule has 3 heterocycles. The number of hydrogen-bond donors (Lipinski definition) is 1. The number of pyridine rings is 1. The highest BCUT2D eigenvalue weighted by Gasteiger charge is 2.14. The summed E-state index contributed by atoms with van der Waals surface area (Å²) in [5.41, 5.74) is 1.61. The molecule has 1 N–H and O–H groups in total. The molecule has 3 aromatic heterocycles. The first kappa shape index (κ1) is 12.0. The first-order valence-corrected chi connectivity index (χ1v) is 6.96. The summed E-state index contributed by atoms with van der Waals surface area (Å²) in [5.74, 6) is 0.530. The van der Waals surface area contributed by atoms with E-state index < -0.39 is 0 Å². The minimum atomic E-state index is -0.171. The van der Waals surface area contributed by atoms with Gasteiger partial charge in [-0.1, -0.05) is 13.0 Å². The zero-order valence-electron chi connectivity index (χ0n) is 10.7. The normalized spacial score (nSPS) is 11.1. The third-order valence-corrected chi connectivity index (χ3v) is 4.19. The van der Waals surface area contributed by atoms with Crippen molar-refractivity contribution in [1.29, 1.82) is 0 Å². The second-order valence-electron chi connectivity index (χ2n) is 4.30. The van der Waals surface area contributed by atoms with Crippen molar-refractivity contribution in [3.63, 3.8) is 0 Å². The average Bonchev–Trinajstić information content (AvgIpc) is 2.75. The van der Waals surface area contributed by atoms with Gasteiger partial charge in [0.25, 0.3) is 5.56 Å². The van der Waals surface area contributed by atoms with Crippen LogP contribution in [-0.2, 0) is 6.42 Å². The highest BCUT2D eigenvalue weighted by atomic mass is 32.1. The molecule has 0 bridgehead atoms. The van der Waals surface area contributed by atoms with Crippen LogP contribution >= 0.6 is 11.3 Å². The maximum atomic E-state index is 12.2. The Balaban J connectivity index is 2.30. The maximum Gasteiger partial charge on any atom is 0.282 e. The number of H-pyrrole nitrogens is 1. The van der Waals surface area contributed by atoms with E-state index in [1.54, 1.807) is 17.5 Å². The molecule has 0 atom stereocenters. The van der Waals surface area contributed by atoms with Crippen LogP contribution in [0.5, 0.6) is 0 Å². The van der Waals surface area contributed by atoms with Crippen LogP contribution in [0.1, 0.15) is 17.4 Å². The summed E-state index contributed by atoms with van der Waals surface area (Å²) >= 11 is 1.60. The lowest BCUT2D eigenvalue weighted by atomic mass is 10.1. The fourth-order valence-electron chi connectivity index (χ4n) is 2.24. The fraction of sp³-hybridized carbons (Fsp3) is 0.214. The van der Waals surface area contributed by atoms with E-state index >= 15 is 0 Å². The summed E-state index contributed by atoms with van der Waals surface area (Å²) in [4.78, 5) is 25.8. The minimum absolute atomic E-state index is 0.171. The maximum absolute atomic E-state index is 12.2. The van der Waals surface area contributed by atoms with Gasteiger partial charge in [0.1, 0.15) is 10.5 Å². The SMILES string of the molecule is CCc1c(C)sc2[nH]c(-c3ccccn3)nc(=O)c12. The molecule has 5 heteroatoms. The summed E-state index contributed by atoms with van der Waals surface area (Å²) in [6, 6.07) is 5.56. The van der Waals surface area contributed by atoms with E-state index in [1.165, 1.54) is 4.88 Å². The molecule has 0 aromatic carbocycles. The van der Waals surface area contributed by atoms with Gasteiger partial charge < -0.3 is 4.98 Å². The Bertz CT molecular complexity index is 790. The number of rotatable bonds is 2. The van der Waals surface area contributed by atoms with Gasteiger partial charge in [-0.25, -0.2) is 0 Å². The molecule has 0 unspecified atom stereocenters. The summed E-state index contributed by atoms with van der Waals surface area (Å²) < 4.78 is 0. The van der Waals surface area contributed by atoms with Crippen molar-refractivity contribution < 1.29 is 0 Å². The lowest BCUT2D eigenvalue weighted by molar-refractivity contribution is 1.12. The van der Waals surface area contributed by atoms with Crippen LogP contribution in [0, 0.1) is 6.92 Å². The number of thiophene rings is 1. The van der Waals surface area contributed by atoms with E-state index in [-0.39, 0.29) is 5.56 Å². The van der Waals surface area contributed by atoms with Gasteiger partial charge >= 0.3 is 0 Å². The molecule has 3 aromatic rings. The minimum Gasteiger partial charge on any atom is -0.329 e. The van der Waals surface area contributed by atoms with E-state index in [0.717, 1.165) is 22.2 Å². The van der Waals surface area contributed by atoms with Crippen LogP contribution in [0.25, 0.3) is 21.7 Å². The van der Waals surface area contributed by atoms with Crippen molar-refractivity contribution in [2.75, 3.05) is 0 Å². The van der Waals surface area contributed by atoms with Gasteiger partial charge in [-0.3, -0.25) is 9.78 Å². The number of aromatic amines is 1. The molecule has 0 fully saturated rings. The fourth-order valence-corrected chi connectivity index (χ4v) is 3.37. The van der Waals surface area contributed by atoms with Crippen molar-refractivity contribution in [3.05, 3.63) is 45.2 Å². The number of nitrogens with zero attached hydrogens (tertiary/aromatic N) is 2. The first-order valence-electron chi connectivity index (χ1n) is 6.14. The summed E-state index contributed by atoms with van der Waals surface area (Å²) in [6.07, 6.45) is 2.54. The van der Waals surface area contributed by atoms with E-state index in [9.17, 15) is 4.79 Å². The Kier molecular flexibility index (Phi) is 2.91. The first-order chi connectivity index (χ1) is 9.20. The molecule has 19 heavy (non-hydrogen) atoms. The van der Waals surface area contributed by atoms with Gasteiger partial charge in [-0.05, 0) is 31.0 Å². The molecule has 0 spiro atoms. The number of aryl methyl sites for hydroxylation is 2. The lowest BCUT2D eigenvalue weighted by Crippen LogP contribution is -2.10. The quantitative estimate of drug-likeness (QED) is 0.779. The van der Waals surface area contributed by atoms with E-state index in [2.05, 4.69) is 21.9 Å². The number of nitrogens with one attached hydrogen (secondary N) is 1. The Morgan fingerprint density at radius 3 is 2.89 bits per heavy atom. The molecule has 0 radical (unpaired) electrons. The van der Waals surface area contributed by atoms with Crippen molar-refractivity contribution in [1.82, 2.24) is 15.0 Å². The average molecular weight is 271 g/mol. The number of hydrogen-bond acceptors (Lipinski definition) is 4. The Morgan fingerprint density at radius 2 is 2.21 bits per heavy atom. The van der Waals surface area contributed by atoms with Gasteiger partial charge in [0.2, 0.25) is 0 Å². The summed E-state index contributed by atoms with van der Waals surface area (Å²) in [7, 11) is 0. The van der Waals surface area contributed by atoms with E-state index in [4.69, 9.17) is 0 Å². The summed E-state index contributed by atoms with van der Waals surface area (Å²) in [5, 5.41) is 0.727. The zero-order valence-corrected chi connectivity index (χ0v) is 11.5. The van der Waals surface area contributed by atoms with Crippen LogP contribution < -0.4 is 5.56 Å². The monoisotopic (exact) mass is 271 g/mol. The Labute approximate surface area is 114 Å². The predicted molar refractivity (Wildman–Crippen MR) is 77.6 cm³/mol. The van der Waals surface area contributed by atoms with E-state index in [0.29, 0.717) is 11.5 Å². The van der Waals surface area contributed by atoms with Gasteiger partial charge in [0, 0.05) is 11.1 Å². The smallest absolute Gasteiger partial charge is 0.282 e. The van der Waals surface area contributed by atoms with E-state index in [1.807, 2.05) is 25.1 Å². The molecular formula is C14H13N3OS. The van der Waals surface area contributed by atoms with Crippen LogP contribution in [0.3, 0.4) is 0 Å². The molecule has 96 valence electrons. The predicted octanol–water partition coefficient (Wildman–Crippen LogP) is 2.92. The molecule has 4 nitrogen and oxygen atoms in total. The second kappa shape index (κ2) is 4.59. The van der Waals surface area contributed by atoms with Crippen molar-refractivity contribution in [2.24, 2.45) is 0 Å². The summed E-state index contributed by atoms with van der Waals surface area (Å²) in [6.45, 7) is 4.10. The van der Waals surface area contributed by atoms with Crippen LogP contribution in [0.4, 0.5) is 0 Å². The standard InChI is InChI=1S/C14H13N3OS/c1-3-9-8(2)19-14-11(9)13(18)16-12(17-14)10-6-4-5-7-15-10/h4-7H,3H2,1-2H3,(H,16,17,18). The van der Waals surface area contributed by atoms with Gasteiger partial charge in [0.15, 0.2) is 5.82 Å². The van der Waals surface area contributed by atoms with Crippen molar-refractivity contribution in [2.45, 2.75) is 20.3 Å². The molecule has 0 aliphatic carbocycles. The highest BCUT2D eigenvalue weighted by Crippen LogP contribution is 2.28. The van der Waals surface area contributed by atoms with Gasteiger partial charge in [-0.2, -0.15) is 4.98 Å². The second-order valence-corrected chi connectivity index (χ2v) is 5.52. The van der Waals surface area contributed by atoms with Crippen LogP contribution in [0.2, 0.25) is 0 Å². The topological polar surface area (TPSA) is 58.6 Å².